The number of hydrogen-bond donors (Lipinski definition) is 3. The molecule has 96 valence electrons. The van der Waals surface area contributed by atoms with Crippen LogP contribution in [0.4, 0.5) is 0 Å². The van der Waals surface area contributed by atoms with Gasteiger partial charge in [-0.05, 0) is 25.0 Å². The molecule has 2 rings (SSSR count). The predicted octanol–water partition coefficient (Wildman–Crippen LogP) is 1.58. The Labute approximate surface area is 111 Å². The van der Waals surface area contributed by atoms with E-state index in [1.165, 1.54) is 6.07 Å². The number of aromatic hydroxyl groups is 1. The molecule has 5 heteroatoms. The lowest BCUT2D eigenvalue weighted by molar-refractivity contribution is 0.0931. The highest BCUT2D eigenvalue weighted by atomic mass is 32.1. The molecule has 2 atom stereocenters. The summed E-state index contributed by atoms with van der Waals surface area (Å²) in [5, 5.41) is 12.5. The van der Waals surface area contributed by atoms with Gasteiger partial charge >= 0.3 is 0 Å². The number of thiocarbonyl (C=S) groups is 1. The summed E-state index contributed by atoms with van der Waals surface area (Å²) < 4.78 is 0. The highest BCUT2D eigenvalue weighted by Gasteiger charge is 2.31. The first-order valence-electron chi connectivity index (χ1n) is 5.98. The Kier molecular flexibility index (Phi) is 3.81. The molecule has 1 fully saturated rings. The Hall–Kier alpha value is -1.62. The van der Waals surface area contributed by atoms with E-state index in [1.807, 2.05) is 0 Å². The van der Waals surface area contributed by atoms with Crippen molar-refractivity contribution in [1.29, 1.82) is 0 Å². The second-order valence-corrected chi connectivity index (χ2v) is 5.01. The molecule has 4 N–H and O–H groups in total. The fourth-order valence-corrected chi connectivity index (χ4v) is 2.67. The summed E-state index contributed by atoms with van der Waals surface area (Å²) in [4.78, 5) is 12.5. The Bertz CT molecular complexity index is 476. The van der Waals surface area contributed by atoms with Crippen LogP contribution in [0.2, 0.25) is 0 Å². The summed E-state index contributed by atoms with van der Waals surface area (Å²) in [7, 11) is 0. The van der Waals surface area contributed by atoms with Gasteiger partial charge in [-0.2, -0.15) is 0 Å². The summed E-state index contributed by atoms with van der Waals surface area (Å²) in [6.07, 6.45) is 2.80. The van der Waals surface area contributed by atoms with Gasteiger partial charge in [-0.1, -0.05) is 30.8 Å². The van der Waals surface area contributed by atoms with E-state index in [2.05, 4.69) is 5.32 Å². The number of carbonyl (C=O) groups excluding carboxylic acids is 1. The highest BCUT2D eigenvalue weighted by Crippen LogP contribution is 2.26. The molecule has 1 saturated carbocycles. The minimum Gasteiger partial charge on any atom is -0.507 e. The number of nitrogens with two attached hydrogens (primary N) is 1. The van der Waals surface area contributed by atoms with E-state index in [0.29, 0.717) is 4.99 Å². The molecule has 1 amide bonds. The van der Waals surface area contributed by atoms with Crippen molar-refractivity contribution in [3.63, 3.8) is 0 Å². The maximum absolute atomic E-state index is 12.0. The maximum Gasteiger partial charge on any atom is 0.255 e. The average molecular weight is 264 g/mol. The van der Waals surface area contributed by atoms with Crippen LogP contribution in [-0.4, -0.2) is 22.0 Å². The van der Waals surface area contributed by atoms with Gasteiger partial charge in [0.2, 0.25) is 0 Å². The zero-order valence-corrected chi connectivity index (χ0v) is 10.7. The van der Waals surface area contributed by atoms with Crippen LogP contribution >= 0.6 is 12.2 Å². The quantitative estimate of drug-likeness (QED) is 0.724. The maximum atomic E-state index is 12.0. The predicted molar refractivity (Wildman–Crippen MR) is 73.5 cm³/mol. The van der Waals surface area contributed by atoms with E-state index >= 15 is 0 Å². The van der Waals surface area contributed by atoms with Crippen LogP contribution in [0.25, 0.3) is 0 Å². The minimum atomic E-state index is -0.277. The third kappa shape index (κ3) is 2.61. The lowest BCUT2D eigenvalue weighted by atomic mass is 10.0. The second-order valence-electron chi connectivity index (χ2n) is 4.54. The van der Waals surface area contributed by atoms with Gasteiger partial charge in [-0.15, -0.1) is 0 Å². The van der Waals surface area contributed by atoms with Crippen LogP contribution in [0.1, 0.15) is 29.6 Å². The molecule has 1 aromatic rings. The molecular weight excluding hydrogens is 248 g/mol. The molecule has 1 aliphatic carbocycles. The van der Waals surface area contributed by atoms with Crippen molar-refractivity contribution in [1.82, 2.24) is 5.32 Å². The molecule has 18 heavy (non-hydrogen) atoms. The molecule has 0 spiro atoms. The van der Waals surface area contributed by atoms with E-state index in [9.17, 15) is 9.90 Å². The van der Waals surface area contributed by atoms with Gasteiger partial charge in [-0.25, -0.2) is 0 Å². The van der Waals surface area contributed by atoms with Crippen molar-refractivity contribution in [3.8, 4) is 5.75 Å². The summed E-state index contributed by atoms with van der Waals surface area (Å²) >= 11 is 5.00. The molecule has 4 nitrogen and oxygen atoms in total. The van der Waals surface area contributed by atoms with Crippen molar-refractivity contribution in [2.45, 2.75) is 25.3 Å². The number of phenols is 1. The summed E-state index contributed by atoms with van der Waals surface area (Å²) in [5.41, 5.74) is 5.95. The van der Waals surface area contributed by atoms with Crippen molar-refractivity contribution < 1.29 is 9.90 Å². The normalized spacial score (nSPS) is 22.7. The lowest BCUT2D eigenvalue weighted by Gasteiger charge is -2.20. The molecule has 0 heterocycles. The topological polar surface area (TPSA) is 75.3 Å². The summed E-state index contributed by atoms with van der Waals surface area (Å²) in [5.74, 6) is -0.226. The van der Waals surface area contributed by atoms with E-state index in [4.69, 9.17) is 18.0 Å². The van der Waals surface area contributed by atoms with Gasteiger partial charge in [0.1, 0.15) is 5.75 Å². The minimum absolute atomic E-state index is 0.0140. The van der Waals surface area contributed by atoms with Gasteiger partial charge in [0.05, 0.1) is 10.6 Å². The van der Waals surface area contributed by atoms with E-state index in [-0.39, 0.29) is 29.2 Å². The molecule has 2 unspecified atom stereocenters. The van der Waals surface area contributed by atoms with Crippen molar-refractivity contribution in [3.05, 3.63) is 29.8 Å². The van der Waals surface area contributed by atoms with E-state index in [1.54, 1.807) is 18.2 Å². The SMILES string of the molecule is NC(=S)C1CCCC1NC(=O)c1ccccc1O. The Morgan fingerprint density at radius 1 is 1.39 bits per heavy atom. The number of para-hydroxylation sites is 1. The number of benzene rings is 1. The first-order chi connectivity index (χ1) is 8.59. The first kappa shape index (κ1) is 12.8. The van der Waals surface area contributed by atoms with Gasteiger partial charge in [0.15, 0.2) is 0 Å². The third-order valence-corrected chi connectivity index (χ3v) is 3.65. The fourth-order valence-electron chi connectivity index (χ4n) is 2.39. The number of amides is 1. The average Bonchev–Trinajstić information content (AvgIpc) is 2.77. The lowest BCUT2D eigenvalue weighted by Crippen LogP contribution is -2.41. The standard InChI is InChI=1S/C13H16N2O2S/c14-12(18)8-5-3-6-10(8)15-13(17)9-4-1-2-7-11(9)16/h1-2,4,7-8,10,16H,3,5-6H2,(H2,14,18)(H,15,17). The molecular formula is C13H16N2O2S. The first-order valence-corrected chi connectivity index (χ1v) is 6.38. The highest BCUT2D eigenvalue weighted by molar-refractivity contribution is 7.80. The van der Waals surface area contributed by atoms with Crippen LogP contribution in [0, 0.1) is 5.92 Å². The van der Waals surface area contributed by atoms with Gasteiger partial charge < -0.3 is 16.2 Å². The molecule has 0 aliphatic heterocycles. The summed E-state index contributed by atoms with van der Waals surface area (Å²) in [6.45, 7) is 0. The second kappa shape index (κ2) is 5.35. The molecule has 0 saturated heterocycles. The Morgan fingerprint density at radius 2 is 2.11 bits per heavy atom. The van der Waals surface area contributed by atoms with E-state index < -0.39 is 0 Å². The zero-order valence-electron chi connectivity index (χ0n) is 9.93. The Morgan fingerprint density at radius 3 is 2.78 bits per heavy atom. The third-order valence-electron chi connectivity index (χ3n) is 3.35. The number of rotatable bonds is 3. The fraction of sp³-hybridized carbons (Fsp3) is 0.385. The Balaban J connectivity index is 2.08. The van der Waals surface area contributed by atoms with Gasteiger partial charge in [0.25, 0.3) is 5.91 Å². The number of carbonyl (C=O) groups is 1. The number of hydrogen-bond acceptors (Lipinski definition) is 3. The molecule has 0 radical (unpaired) electrons. The van der Waals surface area contributed by atoms with Crippen molar-refractivity contribution >= 4 is 23.1 Å². The van der Waals surface area contributed by atoms with Gasteiger partial charge in [0, 0.05) is 12.0 Å². The molecule has 1 aliphatic rings. The van der Waals surface area contributed by atoms with Crippen molar-refractivity contribution in [2.24, 2.45) is 11.7 Å². The molecule has 1 aromatic carbocycles. The number of phenolic OH excluding ortho intramolecular Hbond substituents is 1. The summed E-state index contributed by atoms with van der Waals surface area (Å²) in [6, 6.07) is 6.47. The van der Waals surface area contributed by atoms with Gasteiger partial charge in [-0.3, -0.25) is 4.79 Å². The molecule has 0 aromatic heterocycles. The van der Waals surface area contributed by atoms with Crippen LogP contribution in [0.3, 0.4) is 0 Å². The van der Waals surface area contributed by atoms with Crippen LogP contribution in [0.5, 0.6) is 5.75 Å². The van der Waals surface area contributed by atoms with Crippen LogP contribution in [0.15, 0.2) is 24.3 Å². The molecule has 0 bridgehead atoms. The smallest absolute Gasteiger partial charge is 0.255 e. The monoisotopic (exact) mass is 264 g/mol. The van der Waals surface area contributed by atoms with E-state index in [0.717, 1.165) is 19.3 Å². The largest absolute Gasteiger partial charge is 0.507 e. The number of nitrogens with one attached hydrogen (secondary N) is 1. The van der Waals surface area contributed by atoms with Crippen molar-refractivity contribution in [2.75, 3.05) is 0 Å². The zero-order chi connectivity index (χ0) is 13.1. The van der Waals surface area contributed by atoms with Crippen LogP contribution < -0.4 is 11.1 Å². The van der Waals surface area contributed by atoms with Crippen LogP contribution in [-0.2, 0) is 0 Å².